The van der Waals surface area contributed by atoms with Gasteiger partial charge in [0.25, 0.3) is 0 Å². The van der Waals surface area contributed by atoms with Gasteiger partial charge in [-0.2, -0.15) is 0 Å². The summed E-state index contributed by atoms with van der Waals surface area (Å²) < 4.78 is 5.90. The molecule has 8 heteroatoms. The third-order valence-electron chi connectivity index (χ3n) is 4.89. The third kappa shape index (κ3) is 7.03. The average molecular weight is 468 g/mol. The van der Waals surface area contributed by atoms with Crippen LogP contribution in [0.1, 0.15) is 39.5 Å². The molecule has 0 bridgehead atoms. The van der Waals surface area contributed by atoms with Crippen LogP contribution in [0.3, 0.4) is 0 Å². The zero-order valence-electron chi connectivity index (χ0n) is 17.2. The van der Waals surface area contributed by atoms with Crippen molar-refractivity contribution >= 4 is 39.5 Å². The summed E-state index contributed by atoms with van der Waals surface area (Å²) in [6.07, 6.45) is 2.57. The molecule has 0 aliphatic carbocycles. The molecule has 2 rings (SSSR count). The molecule has 1 aromatic rings. The van der Waals surface area contributed by atoms with E-state index in [9.17, 15) is 14.4 Å². The van der Waals surface area contributed by atoms with E-state index in [0.717, 1.165) is 23.7 Å². The zero-order valence-corrected chi connectivity index (χ0v) is 18.7. The summed E-state index contributed by atoms with van der Waals surface area (Å²) in [5, 5.41) is 2.89. The van der Waals surface area contributed by atoms with E-state index in [4.69, 9.17) is 4.74 Å². The number of benzene rings is 1. The van der Waals surface area contributed by atoms with Gasteiger partial charge in [0, 0.05) is 37.1 Å². The number of anilines is 1. The van der Waals surface area contributed by atoms with Gasteiger partial charge in [-0.05, 0) is 54.2 Å². The molecule has 0 aromatic heterocycles. The second-order valence-corrected chi connectivity index (χ2v) is 7.93. The van der Waals surface area contributed by atoms with Crippen LogP contribution in [0.2, 0.25) is 0 Å². The molecule has 7 nitrogen and oxygen atoms in total. The van der Waals surface area contributed by atoms with Crippen LogP contribution in [0.4, 0.5) is 10.5 Å². The number of hydrogen-bond donors (Lipinski definition) is 1. The predicted octanol–water partition coefficient (Wildman–Crippen LogP) is 3.88. The first-order valence-corrected chi connectivity index (χ1v) is 11.0. The van der Waals surface area contributed by atoms with E-state index < -0.39 is 0 Å². The molecule has 1 saturated heterocycles. The highest BCUT2D eigenvalue weighted by molar-refractivity contribution is 9.10. The number of ether oxygens (including phenoxy) is 1. The Hall–Kier alpha value is -2.09. The van der Waals surface area contributed by atoms with Crippen LogP contribution in [-0.2, 0) is 14.3 Å². The predicted molar refractivity (Wildman–Crippen MR) is 116 cm³/mol. The zero-order chi connectivity index (χ0) is 21.2. The second-order valence-electron chi connectivity index (χ2n) is 7.08. The van der Waals surface area contributed by atoms with Crippen molar-refractivity contribution in [2.75, 3.05) is 38.1 Å². The first kappa shape index (κ1) is 23.2. The van der Waals surface area contributed by atoms with E-state index in [1.165, 1.54) is 0 Å². The number of hydrogen-bond acceptors (Lipinski definition) is 4. The van der Waals surface area contributed by atoms with E-state index >= 15 is 0 Å². The van der Waals surface area contributed by atoms with Gasteiger partial charge in [0.15, 0.2) is 0 Å². The lowest BCUT2D eigenvalue weighted by molar-refractivity contribution is -0.151. The van der Waals surface area contributed by atoms with Crippen molar-refractivity contribution in [1.82, 2.24) is 9.80 Å². The van der Waals surface area contributed by atoms with E-state index in [1.54, 1.807) is 16.7 Å². The highest BCUT2D eigenvalue weighted by Gasteiger charge is 2.29. The highest BCUT2D eigenvalue weighted by atomic mass is 79.9. The summed E-state index contributed by atoms with van der Waals surface area (Å²) >= 11 is 3.42. The fourth-order valence-electron chi connectivity index (χ4n) is 3.39. The van der Waals surface area contributed by atoms with Crippen LogP contribution in [0.5, 0.6) is 0 Å². The Morgan fingerprint density at radius 3 is 2.69 bits per heavy atom. The molecule has 1 heterocycles. The molecule has 1 aliphatic heterocycles. The van der Waals surface area contributed by atoms with Crippen molar-refractivity contribution in [2.24, 2.45) is 5.92 Å². The summed E-state index contributed by atoms with van der Waals surface area (Å²) in [5.41, 5.74) is 0.693. The Kier molecular flexibility index (Phi) is 9.44. The molecular formula is C21H30BrN3O4. The van der Waals surface area contributed by atoms with Crippen molar-refractivity contribution in [3.63, 3.8) is 0 Å². The Morgan fingerprint density at radius 1 is 1.24 bits per heavy atom. The Labute approximate surface area is 180 Å². The van der Waals surface area contributed by atoms with Gasteiger partial charge in [-0.25, -0.2) is 4.79 Å². The Morgan fingerprint density at radius 2 is 2.00 bits per heavy atom. The maximum absolute atomic E-state index is 12.7. The number of urea groups is 1. The molecule has 1 N–H and O–H groups in total. The summed E-state index contributed by atoms with van der Waals surface area (Å²) in [5.74, 6) is -0.516. The molecule has 1 unspecified atom stereocenters. The molecule has 29 heavy (non-hydrogen) atoms. The van der Waals surface area contributed by atoms with Gasteiger partial charge in [-0.1, -0.05) is 19.1 Å². The summed E-state index contributed by atoms with van der Waals surface area (Å²) in [7, 11) is 0. The van der Waals surface area contributed by atoms with Gasteiger partial charge in [0.05, 0.1) is 18.2 Å². The van der Waals surface area contributed by atoms with E-state index in [0.29, 0.717) is 38.5 Å². The van der Waals surface area contributed by atoms with Gasteiger partial charge in [0.2, 0.25) is 5.91 Å². The summed E-state index contributed by atoms with van der Waals surface area (Å²) in [6.45, 7) is 6.07. The number of likely N-dealkylation sites (tertiary alicyclic amines) is 1. The SMILES string of the molecule is CCCN(CCC(=O)N1CCCC(C(=O)OCC)C1)C(=O)Nc1ccccc1Br. The molecule has 0 radical (unpaired) electrons. The number of para-hydroxylation sites is 1. The topological polar surface area (TPSA) is 79.0 Å². The van der Waals surface area contributed by atoms with Gasteiger partial charge >= 0.3 is 12.0 Å². The number of carbonyl (C=O) groups is 3. The van der Waals surface area contributed by atoms with Crippen LogP contribution < -0.4 is 5.32 Å². The lowest BCUT2D eigenvalue weighted by Crippen LogP contribution is -2.44. The minimum absolute atomic E-state index is 0.0335. The number of carbonyl (C=O) groups excluding carboxylic acids is 3. The number of piperidine rings is 1. The van der Waals surface area contributed by atoms with Gasteiger partial charge in [-0.15, -0.1) is 0 Å². The van der Waals surface area contributed by atoms with E-state index in [2.05, 4.69) is 21.2 Å². The Balaban J connectivity index is 1.90. The molecule has 1 aromatic carbocycles. The number of rotatable bonds is 8. The standard InChI is InChI=1S/C21H30BrN3O4/c1-3-12-24(21(28)23-18-10-6-5-9-17(18)22)14-11-19(26)25-13-7-8-16(15-25)20(27)29-4-2/h5-6,9-10,16H,3-4,7-8,11-15H2,1-2H3,(H,23,28). The molecule has 1 atom stereocenters. The second kappa shape index (κ2) is 11.8. The maximum atomic E-state index is 12.7. The largest absolute Gasteiger partial charge is 0.466 e. The van der Waals surface area contributed by atoms with Gasteiger partial charge in [-0.3, -0.25) is 9.59 Å². The lowest BCUT2D eigenvalue weighted by atomic mass is 9.98. The minimum Gasteiger partial charge on any atom is -0.466 e. The minimum atomic E-state index is -0.252. The van der Waals surface area contributed by atoms with Crippen molar-refractivity contribution in [1.29, 1.82) is 0 Å². The third-order valence-corrected chi connectivity index (χ3v) is 5.58. The fourth-order valence-corrected chi connectivity index (χ4v) is 3.77. The van der Waals surface area contributed by atoms with Gasteiger partial charge < -0.3 is 19.9 Å². The molecule has 3 amide bonds. The molecule has 0 saturated carbocycles. The quantitative estimate of drug-likeness (QED) is 0.588. The molecule has 1 aliphatic rings. The van der Waals surface area contributed by atoms with Crippen molar-refractivity contribution in [2.45, 2.75) is 39.5 Å². The summed E-state index contributed by atoms with van der Waals surface area (Å²) in [4.78, 5) is 40.7. The van der Waals surface area contributed by atoms with Crippen LogP contribution in [0.15, 0.2) is 28.7 Å². The molecular weight excluding hydrogens is 438 g/mol. The molecule has 160 valence electrons. The molecule has 1 fully saturated rings. The maximum Gasteiger partial charge on any atom is 0.321 e. The number of halogens is 1. The first-order valence-electron chi connectivity index (χ1n) is 10.2. The number of esters is 1. The smallest absolute Gasteiger partial charge is 0.321 e. The van der Waals surface area contributed by atoms with Crippen LogP contribution in [-0.4, -0.2) is 60.5 Å². The normalized spacial score (nSPS) is 16.2. The fraction of sp³-hybridized carbons (Fsp3) is 0.571. The average Bonchev–Trinajstić information content (AvgIpc) is 2.72. The molecule has 0 spiro atoms. The Bertz CT molecular complexity index is 713. The monoisotopic (exact) mass is 467 g/mol. The first-order chi connectivity index (χ1) is 14.0. The number of nitrogens with one attached hydrogen (secondary N) is 1. The van der Waals surface area contributed by atoms with Crippen LogP contribution in [0.25, 0.3) is 0 Å². The number of amides is 3. The van der Waals surface area contributed by atoms with Crippen molar-refractivity contribution in [3.05, 3.63) is 28.7 Å². The van der Waals surface area contributed by atoms with Crippen LogP contribution >= 0.6 is 15.9 Å². The summed E-state index contributed by atoms with van der Waals surface area (Å²) in [6, 6.07) is 7.18. The van der Waals surface area contributed by atoms with E-state index in [1.807, 2.05) is 31.2 Å². The number of nitrogens with zero attached hydrogens (tertiary/aromatic N) is 2. The lowest BCUT2D eigenvalue weighted by Gasteiger charge is -2.32. The van der Waals surface area contributed by atoms with E-state index in [-0.39, 0.29) is 30.2 Å². The van der Waals surface area contributed by atoms with Gasteiger partial charge in [0.1, 0.15) is 0 Å². The van der Waals surface area contributed by atoms with Crippen molar-refractivity contribution in [3.8, 4) is 0 Å². The van der Waals surface area contributed by atoms with Crippen molar-refractivity contribution < 1.29 is 19.1 Å². The van der Waals surface area contributed by atoms with Crippen LogP contribution in [0, 0.1) is 5.92 Å². The highest BCUT2D eigenvalue weighted by Crippen LogP contribution is 2.22.